The molecule has 5 heteroatoms. The molecular weight excluding hydrogens is 304 g/mol. The molecular formula is C19H22N2O3. The van der Waals surface area contributed by atoms with Crippen molar-refractivity contribution in [2.24, 2.45) is 0 Å². The van der Waals surface area contributed by atoms with Gasteiger partial charge in [0.05, 0.1) is 12.0 Å². The van der Waals surface area contributed by atoms with Crippen molar-refractivity contribution in [3.8, 4) is 0 Å². The molecule has 1 amide bonds. The highest BCUT2D eigenvalue weighted by molar-refractivity contribution is 5.86. The monoisotopic (exact) mass is 326 g/mol. The van der Waals surface area contributed by atoms with Crippen molar-refractivity contribution in [2.75, 3.05) is 18.5 Å². The molecule has 126 valence electrons. The first-order valence-corrected chi connectivity index (χ1v) is 8.22. The Labute approximate surface area is 141 Å². The summed E-state index contributed by atoms with van der Waals surface area (Å²) in [5.74, 6) is -0.982. The molecule has 0 aliphatic carbocycles. The van der Waals surface area contributed by atoms with Gasteiger partial charge in [-0.05, 0) is 36.1 Å². The number of benzene rings is 2. The summed E-state index contributed by atoms with van der Waals surface area (Å²) in [6.45, 7) is 1.64. The third kappa shape index (κ3) is 3.93. The molecule has 3 rings (SSSR count). The number of anilines is 1. The maximum Gasteiger partial charge on any atom is 0.255 e. The number of hydroxylamine groups is 1. The van der Waals surface area contributed by atoms with E-state index in [4.69, 9.17) is 9.94 Å². The Bertz CT molecular complexity index is 652. The van der Waals surface area contributed by atoms with Gasteiger partial charge >= 0.3 is 0 Å². The number of carbonyl (C=O) groups is 1. The summed E-state index contributed by atoms with van der Waals surface area (Å²) in [6.07, 6.45) is 2.50. The largest absolute Gasteiger partial charge is 0.382 e. The van der Waals surface area contributed by atoms with Crippen LogP contribution >= 0.6 is 0 Å². The summed E-state index contributed by atoms with van der Waals surface area (Å²) in [7, 11) is 0. The van der Waals surface area contributed by atoms with Crippen LogP contribution in [-0.2, 0) is 9.53 Å². The van der Waals surface area contributed by atoms with Gasteiger partial charge in [-0.15, -0.1) is 0 Å². The third-order valence-electron chi connectivity index (χ3n) is 4.31. The summed E-state index contributed by atoms with van der Waals surface area (Å²) in [5, 5.41) is 12.4. The number of ether oxygens (including phenoxy) is 1. The number of amides is 1. The predicted octanol–water partition coefficient (Wildman–Crippen LogP) is 2.91. The van der Waals surface area contributed by atoms with Gasteiger partial charge in [0.15, 0.2) is 0 Å². The van der Waals surface area contributed by atoms with E-state index < -0.39 is 11.8 Å². The lowest BCUT2D eigenvalue weighted by Gasteiger charge is -2.17. The zero-order chi connectivity index (χ0) is 16.8. The summed E-state index contributed by atoms with van der Waals surface area (Å²) in [5.41, 5.74) is 4.43. The Kier molecular flexibility index (Phi) is 5.46. The van der Waals surface area contributed by atoms with E-state index in [1.165, 1.54) is 0 Å². The van der Waals surface area contributed by atoms with E-state index in [0.29, 0.717) is 0 Å². The molecule has 2 unspecified atom stereocenters. The lowest BCUT2D eigenvalue weighted by atomic mass is 9.90. The van der Waals surface area contributed by atoms with Crippen molar-refractivity contribution in [1.29, 1.82) is 0 Å². The molecule has 2 aromatic carbocycles. The quantitative estimate of drug-likeness (QED) is 0.564. The second-order valence-electron chi connectivity index (χ2n) is 5.96. The predicted molar refractivity (Wildman–Crippen MR) is 92.1 cm³/mol. The third-order valence-corrected chi connectivity index (χ3v) is 4.31. The van der Waals surface area contributed by atoms with E-state index in [1.807, 2.05) is 54.6 Å². The van der Waals surface area contributed by atoms with Gasteiger partial charge in [0.2, 0.25) is 0 Å². The van der Waals surface area contributed by atoms with Crippen LogP contribution in [0.3, 0.4) is 0 Å². The van der Waals surface area contributed by atoms with Crippen LogP contribution in [0.15, 0.2) is 54.6 Å². The second-order valence-corrected chi connectivity index (χ2v) is 5.96. The van der Waals surface area contributed by atoms with Crippen molar-refractivity contribution in [3.63, 3.8) is 0 Å². The van der Waals surface area contributed by atoms with Crippen LogP contribution in [-0.4, -0.2) is 30.4 Å². The highest BCUT2D eigenvalue weighted by Gasteiger charge is 2.22. The lowest BCUT2D eigenvalue weighted by molar-refractivity contribution is -0.129. The summed E-state index contributed by atoms with van der Waals surface area (Å²) in [6, 6.07) is 17.1. The maximum atomic E-state index is 12.1. The first-order chi connectivity index (χ1) is 11.8. The Morgan fingerprint density at radius 3 is 2.46 bits per heavy atom. The lowest BCUT2D eigenvalue weighted by Crippen LogP contribution is -2.27. The van der Waals surface area contributed by atoms with E-state index in [2.05, 4.69) is 5.32 Å². The van der Waals surface area contributed by atoms with Crippen molar-refractivity contribution in [1.82, 2.24) is 5.48 Å². The number of hydrogen-bond donors (Lipinski definition) is 3. The van der Waals surface area contributed by atoms with E-state index in [0.717, 1.165) is 42.8 Å². The molecule has 1 fully saturated rings. The zero-order valence-electron chi connectivity index (χ0n) is 13.4. The number of hydrogen-bond acceptors (Lipinski definition) is 4. The van der Waals surface area contributed by atoms with Gasteiger partial charge in [0, 0.05) is 18.8 Å². The average molecular weight is 326 g/mol. The van der Waals surface area contributed by atoms with Gasteiger partial charge in [-0.2, -0.15) is 0 Å². The van der Waals surface area contributed by atoms with Crippen LogP contribution in [0.1, 0.15) is 29.9 Å². The number of rotatable bonds is 6. The van der Waals surface area contributed by atoms with E-state index in [-0.39, 0.29) is 6.10 Å². The minimum absolute atomic E-state index is 0.280. The van der Waals surface area contributed by atoms with Crippen LogP contribution in [0, 0.1) is 0 Å². The molecule has 1 heterocycles. The smallest absolute Gasteiger partial charge is 0.255 e. The fraction of sp³-hybridized carbons (Fsp3) is 0.316. The van der Waals surface area contributed by atoms with Gasteiger partial charge in [-0.3, -0.25) is 10.0 Å². The Balaban J connectivity index is 1.72. The summed E-state index contributed by atoms with van der Waals surface area (Å²) >= 11 is 0. The first kappa shape index (κ1) is 16.5. The van der Waals surface area contributed by atoms with Gasteiger partial charge in [-0.25, -0.2) is 5.48 Å². The molecule has 0 aromatic heterocycles. The highest BCUT2D eigenvalue weighted by Crippen LogP contribution is 2.26. The molecule has 5 nitrogen and oxygen atoms in total. The molecule has 1 saturated heterocycles. The molecule has 0 bridgehead atoms. The first-order valence-electron chi connectivity index (χ1n) is 8.22. The molecule has 3 N–H and O–H groups in total. The Morgan fingerprint density at radius 1 is 1.12 bits per heavy atom. The fourth-order valence-corrected chi connectivity index (χ4v) is 3.04. The molecule has 24 heavy (non-hydrogen) atoms. The van der Waals surface area contributed by atoms with E-state index >= 15 is 0 Å². The van der Waals surface area contributed by atoms with Gasteiger partial charge in [0.1, 0.15) is 0 Å². The second kappa shape index (κ2) is 7.95. The topological polar surface area (TPSA) is 70.6 Å². The SMILES string of the molecule is O=C(NO)C(c1ccccc1)c1ccc(NCC2CCCO2)cc1. The van der Waals surface area contributed by atoms with Gasteiger partial charge < -0.3 is 10.1 Å². The Morgan fingerprint density at radius 2 is 1.83 bits per heavy atom. The minimum Gasteiger partial charge on any atom is -0.382 e. The van der Waals surface area contributed by atoms with E-state index in [1.54, 1.807) is 5.48 Å². The van der Waals surface area contributed by atoms with Crippen LogP contribution < -0.4 is 10.8 Å². The molecule has 0 spiro atoms. The standard InChI is InChI=1S/C19H22N2O3/c22-19(21-23)18(14-5-2-1-3-6-14)15-8-10-16(11-9-15)20-13-17-7-4-12-24-17/h1-3,5-6,8-11,17-18,20,23H,4,7,12-13H2,(H,21,22). The van der Waals surface area contributed by atoms with Crippen molar-refractivity contribution < 1.29 is 14.7 Å². The summed E-state index contributed by atoms with van der Waals surface area (Å²) < 4.78 is 5.60. The molecule has 2 aromatic rings. The normalized spacial score (nSPS) is 18.1. The van der Waals surface area contributed by atoms with Crippen LogP contribution in [0.2, 0.25) is 0 Å². The van der Waals surface area contributed by atoms with Crippen LogP contribution in [0.4, 0.5) is 5.69 Å². The molecule has 0 saturated carbocycles. The van der Waals surface area contributed by atoms with Crippen molar-refractivity contribution >= 4 is 11.6 Å². The molecule has 1 aliphatic rings. The fourth-order valence-electron chi connectivity index (χ4n) is 3.04. The highest BCUT2D eigenvalue weighted by atomic mass is 16.5. The number of nitrogens with one attached hydrogen (secondary N) is 2. The minimum atomic E-state index is -0.539. The molecule has 2 atom stereocenters. The van der Waals surface area contributed by atoms with Crippen LogP contribution in [0.25, 0.3) is 0 Å². The van der Waals surface area contributed by atoms with Gasteiger partial charge in [-0.1, -0.05) is 42.5 Å². The van der Waals surface area contributed by atoms with Crippen molar-refractivity contribution in [2.45, 2.75) is 24.9 Å². The van der Waals surface area contributed by atoms with Crippen LogP contribution in [0.5, 0.6) is 0 Å². The van der Waals surface area contributed by atoms with E-state index in [9.17, 15) is 4.79 Å². The summed E-state index contributed by atoms with van der Waals surface area (Å²) in [4.78, 5) is 12.1. The zero-order valence-corrected chi connectivity index (χ0v) is 13.4. The molecule has 0 radical (unpaired) electrons. The van der Waals surface area contributed by atoms with Crippen molar-refractivity contribution in [3.05, 3.63) is 65.7 Å². The Hall–Kier alpha value is -2.37. The average Bonchev–Trinajstić information content (AvgIpc) is 3.15. The maximum absolute atomic E-state index is 12.1. The van der Waals surface area contributed by atoms with Gasteiger partial charge in [0.25, 0.3) is 5.91 Å². The molecule has 1 aliphatic heterocycles. The number of carbonyl (C=O) groups excluding carboxylic acids is 1.